The number of aromatic nitrogens is 5. The molecule has 0 fully saturated rings. The third-order valence-electron chi connectivity index (χ3n) is 4.06. The van der Waals surface area contributed by atoms with Gasteiger partial charge in [-0.05, 0) is 18.2 Å². The smallest absolute Gasteiger partial charge is 0.270 e. The lowest BCUT2D eigenvalue weighted by atomic mass is 10.2. The van der Waals surface area contributed by atoms with Crippen molar-refractivity contribution in [2.24, 2.45) is 7.05 Å². The van der Waals surface area contributed by atoms with Crippen LogP contribution in [0.25, 0.3) is 22.3 Å². The summed E-state index contributed by atoms with van der Waals surface area (Å²) in [6, 6.07) is 13.2. The Bertz CT molecular complexity index is 1070. The number of fused-ring (bicyclic) bond motifs is 1. The van der Waals surface area contributed by atoms with Crippen molar-refractivity contribution >= 4 is 16.8 Å². The molecule has 0 aliphatic heterocycles. The van der Waals surface area contributed by atoms with Gasteiger partial charge in [0.1, 0.15) is 17.1 Å². The molecule has 0 aliphatic rings. The summed E-state index contributed by atoms with van der Waals surface area (Å²) in [5, 5.41) is 8.31. The summed E-state index contributed by atoms with van der Waals surface area (Å²) in [5.41, 5.74) is 3.45. The Morgan fingerprint density at radius 2 is 2.00 bits per heavy atom. The van der Waals surface area contributed by atoms with Crippen molar-refractivity contribution in [1.82, 2.24) is 30.0 Å². The third kappa shape index (κ3) is 3.14. The van der Waals surface area contributed by atoms with Gasteiger partial charge in [0.2, 0.25) is 0 Å². The first-order valence-corrected chi connectivity index (χ1v) is 8.14. The number of carbonyl (C=O) groups is 1. The largest absolute Gasteiger partial charge is 0.345 e. The average molecular weight is 344 g/mol. The van der Waals surface area contributed by atoms with Crippen LogP contribution in [0, 0.1) is 0 Å². The highest BCUT2D eigenvalue weighted by Crippen LogP contribution is 2.15. The van der Waals surface area contributed by atoms with Crippen molar-refractivity contribution in [2.45, 2.75) is 6.54 Å². The van der Waals surface area contributed by atoms with Crippen LogP contribution in [-0.4, -0.2) is 30.6 Å². The van der Waals surface area contributed by atoms with E-state index in [9.17, 15) is 4.79 Å². The Balaban J connectivity index is 1.49. The molecule has 3 aromatic heterocycles. The molecule has 3 heterocycles. The molecule has 1 amide bonds. The van der Waals surface area contributed by atoms with E-state index in [4.69, 9.17) is 0 Å². The maximum Gasteiger partial charge on any atom is 0.270 e. The van der Waals surface area contributed by atoms with Gasteiger partial charge >= 0.3 is 0 Å². The highest BCUT2D eigenvalue weighted by molar-refractivity contribution is 5.94. The molecule has 7 nitrogen and oxygen atoms in total. The maximum atomic E-state index is 12.4. The zero-order valence-corrected chi connectivity index (χ0v) is 14.1. The summed E-state index contributed by atoms with van der Waals surface area (Å²) in [6.07, 6.45) is 4.89. The maximum absolute atomic E-state index is 12.4. The number of hydrogen-bond acceptors (Lipinski definition) is 5. The molecule has 0 saturated carbocycles. The SMILES string of the molecule is Cn1nc(-c2cnccn2)cc1CNC(=O)c1ccc2ccccc2n1. The lowest BCUT2D eigenvalue weighted by Gasteiger charge is -2.06. The van der Waals surface area contributed by atoms with Gasteiger partial charge in [0, 0.05) is 24.8 Å². The van der Waals surface area contributed by atoms with Gasteiger partial charge in [-0.1, -0.05) is 24.3 Å². The predicted octanol–water partition coefficient (Wildman–Crippen LogP) is 2.36. The summed E-state index contributed by atoms with van der Waals surface area (Å²) in [5.74, 6) is -0.224. The second-order valence-electron chi connectivity index (χ2n) is 5.81. The van der Waals surface area contributed by atoms with E-state index in [0.717, 1.165) is 16.6 Å². The van der Waals surface area contributed by atoms with E-state index < -0.39 is 0 Å². The molecule has 4 aromatic rings. The molecule has 1 N–H and O–H groups in total. The molecule has 128 valence electrons. The standard InChI is InChI=1S/C19H16N6O/c1-25-14(10-17(24-25)18-12-20-8-9-21-18)11-22-19(26)16-7-6-13-4-2-3-5-15(13)23-16/h2-10,12H,11H2,1H3,(H,22,26). The van der Waals surface area contributed by atoms with Gasteiger partial charge < -0.3 is 5.32 Å². The van der Waals surface area contributed by atoms with E-state index in [1.807, 2.05) is 43.4 Å². The molecule has 0 spiro atoms. The minimum atomic E-state index is -0.224. The fourth-order valence-corrected chi connectivity index (χ4v) is 2.68. The number of carbonyl (C=O) groups excluding carboxylic acids is 1. The van der Waals surface area contributed by atoms with Gasteiger partial charge in [-0.25, -0.2) is 4.98 Å². The van der Waals surface area contributed by atoms with Crippen LogP contribution in [0.15, 0.2) is 61.1 Å². The van der Waals surface area contributed by atoms with E-state index in [0.29, 0.717) is 23.6 Å². The quantitative estimate of drug-likeness (QED) is 0.614. The number of benzene rings is 1. The van der Waals surface area contributed by atoms with Crippen molar-refractivity contribution in [3.8, 4) is 11.4 Å². The lowest BCUT2D eigenvalue weighted by molar-refractivity contribution is 0.0945. The summed E-state index contributed by atoms with van der Waals surface area (Å²) in [6.45, 7) is 0.344. The molecular weight excluding hydrogens is 328 g/mol. The Morgan fingerprint density at radius 1 is 1.12 bits per heavy atom. The molecule has 0 unspecified atom stereocenters. The zero-order valence-electron chi connectivity index (χ0n) is 14.1. The Kier molecular flexibility index (Phi) is 4.10. The summed E-state index contributed by atoms with van der Waals surface area (Å²) < 4.78 is 1.72. The molecular formula is C19H16N6O. The Labute approximate surface area is 149 Å². The number of nitrogens with one attached hydrogen (secondary N) is 1. The second-order valence-corrected chi connectivity index (χ2v) is 5.81. The van der Waals surface area contributed by atoms with E-state index in [1.165, 1.54) is 0 Å². The van der Waals surface area contributed by atoms with E-state index in [1.54, 1.807) is 29.3 Å². The number of amides is 1. The van der Waals surface area contributed by atoms with Crippen LogP contribution >= 0.6 is 0 Å². The number of rotatable bonds is 4. The monoisotopic (exact) mass is 344 g/mol. The van der Waals surface area contributed by atoms with Crippen LogP contribution in [0.2, 0.25) is 0 Å². The molecule has 1 aromatic carbocycles. The molecule has 0 bridgehead atoms. The van der Waals surface area contributed by atoms with Crippen molar-refractivity contribution < 1.29 is 4.79 Å². The molecule has 0 radical (unpaired) electrons. The Morgan fingerprint density at radius 3 is 2.85 bits per heavy atom. The number of pyridine rings is 1. The molecule has 4 rings (SSSR count). The number of hydrogen-bond donors (Lipinski definition) is 1. The van der Waals surface area contributed by atoms with Gasteiger partial charge in [-0.2, -0.15) is 5.10 Å². The van der Waals surface area contributed by atoms with Crippen LogP contribution in [0.5, 0.6) is 0 Å². The van der Waals surface area contributed by atoms with Crippen LogP contribution in [0.1, 0.15) is 16.2 Å². The van der Waals surface area contributed by atoms with E-state index in [-0.39, 0.29) is 5.91 Å². The van der Waals surface area contributed by atoms with Gasteiger partial charge in [-0.15, -0.1) is 0 Å². The lowest BCUT2D eigenvalue weighted by Crippen LogP contribution is -2.24. The topological polar surface area (TPSA) is 85.6 Å². The minimum absolute atomic E-state index is 0.224. The van der Waals surface area contributed by atoms with E-state index in [2.05, 4.69) is 25.4 Å². The van der Waals surface area contributed by atoms with E-state index >= 15 is 0 Å². The first-order valence-electron chi connectivity index (χ1n) is 8.14. The van der Waals surface area contributed by atoms with Crippen LogP contribution < -0.4 is 5.32 Å². The zero-order chi connectivity index (χ0) is 17.9. The molecule has 0 aliphatic carbocycles. The average Bonchev–Trinajstić information content (AvgIpc) is 3.07. The first-order chi connectivity index (χ1) is 12.7. The molecule has 0 atom stereocenters. The highest BCUT2D eigenvalue weighted by Gasteiger charge is 2.12. The molecule has 0 saturated heterocycles. The molecule has 7 heteroatoms. The summed E-state index contributed by atoms with van der Waals surface area (Å²) >= 11 is 0. The highest BCUT2D eigenvalue weighted by atomic mass is 16.1. The fourth-order valence-electron chi connectivity index (χ4n) is 2.68. The normalized spacial score (nSPS) is 10.8. The van der Waals surface area contributed by atoms with Gasteiger partial charge in [0.25, 0.3) is 5.91 Å². The molecule has 26 heavy (non-hydrogen) atoms. The van der Waals surface area contributed by atoms with Crippen LogP contribution in [0.4, 0.5) is 0 Å². The number of aryl methyl sites for hydroxylation is 1. The van der Waals surface area contributed by atoms with Crippen molar-refractivity contribution in [2.75, 3.05) is 0 Å². The van der Waals surface area contributed by atoms with Crippen molar-refractivity contribution in [3.05, 3.63) is 72.4 Å². The second kappa shape index (κ2) is 6.72. The van der Waals surface area contributed by atoms with Crippen molar-refractivity contribution in [3.63, 3.8) is 0 Å². The number of nitrogens with zero attached hydrogens (tertiary/aromatic N) is 5. The van der Waals surface area contributed by atoms with Crippen molar-refractivity contribution in [1.29, 1.82) is 0 Å². The van der Waals surface area contributed by atoms with Crippen LogP contribution in [-0.2, 0) is 13.6 Å². The summed E-state index contributed by atoms with van der Waals surface area (Å²) in [4.78, 5) is 25.1. The Hall–Kier alpha value is -3.61. The van der Waals surface area contributed by atoms with Crippen LogP contribution in [0.3, 0.4) is 0 Å². The number of para-hydroxylation sites is 1. The third-order valence-corrected chi connectivity index (χ3v) is 4.06. The van der Waals surface area contributed by atoms with Gasteiger partial charge in [0.05, 0.1) is 24.0 Å². The predicted molar refractivity (Wildman–Crippen MR) is 97.1 cm³/mol. The minimum Gasteiger partial charge on any atom is -0.345 e. The van der Waals surface area contributed by atoms with Gasteiger partial charge in [0.15, 0.2) is 0 Å². The summed E-state index contributed by atoms with van der Waals surface area (Å²) in [7, 11) is 1.83. The first kappa shape index (κ1) is 15.9. The fraction of sp³-hybridized carbons (Fsp3) is 0.105. The van der Waals surface area contributed by atoms with Gasteiger partial charge in [-0.3, -0.25) is 19.4 Å².